The predicted octanol–water partition coefficient (Wildman–Crippen LogP) is 2.87. The van der Waals surface area contributed by atoms with Gasteiger partial charge in [-0.3, -0.25) is 10.1 Å². The van der Waals surface area contributed by atoms with E-state index in [0.717, 1.165) is 6.42 Å². The molecule has 2 N–H and O–H groups in total. The average Bonchev–Trinajstić information content (AvgIpc) is 3.25. The molecule has 32 heavy (non-hydrogen) atoms. The zero-order valence-electron chi connectivity index (χ0n) is 17.3. The molecule has 1 aliphatic carbocycles. The number of rotatable bonds is 5. The largest absolute Gasteiger partial charge is 0.465 e. The van der Waals surface area contributed by atoms with E-state index in [0.29, 0.717) is 35.1 Å². The van der Waals surface area contributed by atoms with Crippen molar-refractivity contribution in [3.8, 4) is 0 Å². The number of nitrogens with zero attached hydrogens (tertiary/aromatic N) is 6. The van der Waals surface area contributed by atoms with Crippen molar-refractivity contribution in [3.63, 3.8) is 0 Å². The second-order valence-corrected chi connectivity index (χ2v) is 9.95. The van der Waals surface area contributed by atoms with Gasteiger partial charge in [-0.1, -0.05) is 11.6 Å². The Morgan fingerprint density at radius 2 is 2.09 bits per heavy atom. The Kier molecular flexibility index (Phi) is 5.06. The molecule has 2 aromatic rings. The topological polar surface area (TPSA) is 128 Å². The van der Waals surface area contributed by atoms with Crippen molar-refractivity contribution in [3.05, 3.63) is 25.8 Å². The summed E-state index contributed by atoms with van der Waals surface area (Å²) in [6, 6.07) is 1.53. The van der Waals surface area contributed by atoms with Crippen LogP contribution in [0.3, 0.4) is 0 Å². The van der Waals surface area contributed by atoms with Crippen LogP contribution in [0.25, 0.3) is 11.0 Å². The molecular formula is C19H21BrClN7O4. The van der Waals surface area contributed by atoms with Gasteiger partial charge in [-0.05, 0) is 42.5 Å². The molecule has 0 aromatic carbocycles. The fourth-order valence-corrected chi connectivity index (χ4v) is 5.27. The molecule has 2 bridgehead atoms. The van der Waals surface area contributed by atoms with Gasteiger partial charge in [0, 0.05) is 31.6 Å². The lowest BCUT2D eigenvalue weighted by Crippen LogP contribution is -2.58. The van der Waals surface area contributed by atoms with Gasteiger partial charge >= 0.3 is 11.8 Å². The third kappa shape index (κ3) is 3.23. The second kappa shape index (κ2) is 7.56. The summed E-state index contributed by atoms with van der Waals surface area (Å²) >= 11 is 9.58. The van der Waals surface area contributed by atoms with Crippen LogP contribution in [0.5, 0.6) is 0 Å². The number of hydrogen-bond acceptors (Lipinski definition) is 8. The number of hydrogen-bond donors (Lipinski definition) is 2. The van der Waals surface area contributed by atoms with Gasteiger partial charge in [0.25, 0.3) is 0 Å². The Hall–Kier alpha value is -2.44. The standard InChI is InChI=1S/C19H21BrClN7O4/c1-25(2)9-6-26(7-9)18-16(28(31)32)15(14-11(22-18)4-10(20)17(21)24-14)23-13-8-3-12(13)27(5-8)19(29)30/h4,8-9,12-13H,3,5-7H2,1-2H3,(H,22,23)(H,29,30). The smallest absolute Gasteiger partial charge is 0.407 e. The summed E-state index contributed by atoms with van der Waals surface area (Å²) in [4.78, 5) is 37.6. The van der Waals surface area contributed by atoms with Crippen molar-refractivity contribution in [2.45, 2.75) is 24.5 Å². The number of carbonyl (C=O) groups is 1. The molecule has 3 aliphatic heterocycles. The predicted molar refractivity (Wildman–Crippen MR) is 123 cm³/mol. The zero-order chi connectivity index (χ0) is 22.9. The van der Waals surface area contributed by atoms with Crippen LogP contribution >= 0.6 is 27.5 Å². The molecular weight excluding hydrogens is 506 g/mol. The summed E-state index contributed by atoms with van der Waals surface area (Å²) in [6.45, 7) is 1.66. The van der Waals surface area contributed by atoms with Crippen molar-refractivity contribution in [2.75, 3.05) is 43.9 Å². The van der Waals surface area contributed by atoms with Crippen molar-refractivity contribution < 1.29 is 14.8 Å². The highest BCUT2D eigenvalue weighted by Crippen LogP contribution is 2.47. The maximum Gasteiger partial charge on any atom is 0.407 e. The number of amides is 1. The van der Waals surface area contributed by atoms with E-state index in [1.54, 1.807) is 6.07 Å². The fourth-order valence-electron chi connectivity index (χ4n) is 4.82. The lowest BCUT2D eigenvalue weighted by molar-refractivity contribution is -0.383. The Bertz CT molecular complexity index is 1140. The Balaban J connectivity index is 1.61. The van der Waals surface area contributed by atoms with Gasteiger partial charge in [-0.15, -0.1) is 0 Å². The van der Waals surface area contributed by atoms with Crippen LogP contribution in [-0.2, 0) is 0 Å². The molecule has 1 saturated carbocycles. The van der Waals surface area contributed by atoms with Gasteiger partial charge in [0.2, 0.25) is 5.82 Å². The molecule has 170 valence electrons. The molecule has 13 heteroatoms. The molecule has 6 rings (SSSR count). The summed E-state index contributed by atoms with van der Waals surface area (Å²) in [5.74, 6) is 0.372. The molecule has 3 unspecified atom stereocenters. The summed E-state index contributed by atoms with van der Waals surface area (Å²) in [5, 5.41) is 25.1. The molecule has 0 spiro atoms. The van der Waals surface area contributed by atoms with E-state index in [1.807, 2.05) is 19.0 Å². The first-order valence-corrected chi connectivity index (χ1v) is 11.3. The Morgan fingerprint density at radius 3 is 2.69 bits per heavy atom. The minimum atomic E-state index is -0.975. The number of halogens is 2. The first-order valence-electron chi connectivity index (χ1n) is 10.2. The van der Waals surface area contributed by atoms with Gasteiger partial charge in [-0.2, -0.15) is 0 Å². The Morgan fingerprint density at radius 1 is 1.38 bits per heavy atom. The SMILES string of the molecule is CN(C)C1CN(c2nc3cc(Br)c(Cl)nc3c(NC3C4CC3N(C(=O)O)C4)c2[N+](=O)[O-])C1. The van der Waals surface area contributed by atoms with Crippen LogP contribution in [0.15, 0.2) is 10.5 Å². The van der Waals surface area contributed by atoms with Crippen molar-refractivity contribution in [1.82, 2.24) is 19.8 Å². The van der Waals surface area contributed by atoms with Gasteiger partial charge in [-0.25, -0.2) is 14.8 Å². The molecule has 3 atom stereocenters. The molecule has 5 heterocycles. The second-order valence-electron chi connectivity index (χ2n) is 8.74. The summed E-state index contributed by atoms with van der Waals surface area (Å²) in [7, 11) is 3.95. The quantitative estimate of drug-likeness (QED) is 0.343. The van der Waals surface area contributed by atoms with Crippen LogP contribution in [0.4, 0.5) is 22.0 Å². The van der Waals surface area contributed by atoms with E-state index >= 15 is 0 Å². The fraction of sp³-hybridized carbons (Fsp3) is 0.526. The van der Waals surface area contributed by atoms with E-state index in [2.05, 4.69) is 36.1 Å². The number of aromatic nitrogens is 2. The maximum absolute atomic E-state index is 12.3. The van der Waals surface area contributed by atoms with Crippen LogP contribution in [0.1, 0.15) is 6.42 Å². The molecule has 1 amide bonds. The average molecular weight is 527 g/mol. The van der Waals surface area contributed by atoms with E-state index < -0.39 is 11.0 Å². The lowest BCUT2D eigenvalue weighted by atomic mass is 9.80. The summed E-state index contributed by atoms with van der Waals surface area (Å²) in [5.41, 5.74) is 0.851. The Labute approximate surface area is 196 Å². The van der Waals surface area contributed by atoms with Crippen molar-refractivity contribution >= 4 is 61.9 Å². The van der Waals surface area contributed by atoms with Crippen LogP contribution in [-0.4, -0.2) is 87.7 Å². The highest BCUT2D eigenvalue weighted by molar-refractivity contribution is 9.10. The summed E-state index contributed by atoms with van der Waals surface area (Å²) in [6.07, 6.45) is -0.235. The van der Waals surface area contributed by atoms with Crippen molar-refractivity contribution in [1.29, 1.82) is 0 Å². The van der Waals surface area contributed by atoms with Gasteiger partial charge in [0.05, 0.1) is 27.0 Å². The van der Waals surface area contributed by atoms with E-state index in [1.165, 1.54) is 4.90 Å². The monoisotopic (exact) mass is 525 g/mol. The zero-order valence-corrected chi connectivity index (χ0v) is 19.7. The van der Waals surface area contributed by atoms with Gasteiger partial charge in [0.1, 0.15) is 16.4 Å². The van der Waals surface area contributed by atoms with Gasteiger partial charge in [0.15, 0.2) is 0 Å². The van der Waals surface area contributed by atoms with E-state index in [4.69, 9.17) is 11.6 Å². The summed E-state index contributed by atoms with van der Waals surface area (Å²) < 4.78 is 0.542. The number of nitrogens with one attached hydrogen (secondary N) is 1. The minimum absolute atomic E-state index is 0.0930. The highest BCUT2D eigenvalue weighted by atomic mass is 79.9. The minimum Gasteiger partial charge on any atom is -0.465 e. The van der Waals surface area contributed by atoms with Gasteiger partial charge < -0.3 is 25.1 Å². The number of anilines is 2. The number of pyridine rings is 2. The maximum atomic E-state index is 12.3. The number of nitro groups is 1. The van der Waals surface area contributed by atoms with E-state index in [-0.39, 0.29) is 46.4 Å². The van der Waals surface area contributed by atoms with Crippen molar-refractivity contribution in [2.24, 2.45) is 5.92 Å². The first-order chi connectivity index (χ1) is 15.2. The third-order valence-electron chi connectivity index (χ3n) is 6.75. The van der Waals surface area contributed by atoms with E-state index in [9.17, 15) is 20.0 Å². The molecule has 4 fully saturated rings. The molecule has 3 saturated heterocycles. The number of fused-ring (bicyclic) bond motifs is 2. The number of likely N-dealkylation sites (N-methyl/N-ethyl adjacent to an activating group) is 1. The van der Waals surface area contributed by atoms with Crippen LogP contribution < -0.4 is 10.2 Å². The van der Waals surface area contributed by atoms with Crippen LogP contribution in [0, 0.1) is 16.0 Å². The molecule has 11 nitrogen and oxygen atoms in total. The molecule has 2 aromatic heterocycles. The van der Waals surface area contributed by atoms with Crippen LogP contribution in [0.2, 0.25) is 5.15 Å². The molecule has 4 aliphatic rings. The lowest BCUT2D eigenvalue weighted by Gasteiger charge is -2.43. The molecule has 0 radical (unpaired) electrons. The number of carboxylic acid groups (broad SMARTS) is 1. The first kappa shape index (κ1) is 21.4. The third-order valence-corrected chi connectivity index (χ3v) is 7.88. The normalized spacial score (nSPS) is 24.6. The highest BCUT2D eigenvalue weighted by Gasteiger charge is 2.54.